The first kappa shape index (κ1) is 17.1. The van der Waals surface area contributed by atoms with Crippen LogP contribution in [0, 0.1) is 0 Å². The van der Waals surface area contributed by atoms with Gasteiger partial charge in [0.1, 0.15) is 5.69 Å². The van der Waals surface area contributed by atoms with Gasteiger partial charge < -0.3 is 15.6 Å². The third-order valence-electron chi connectivity index (χ3n) is 3.50. The highest BCUT2D eigenvalue weighted by atomic mass is 35.5. The quantitative estimate of drug-likeness (QED) is 0.730. The SMILES string of the molecule is Cn1ccc(Nc2cn(-c3c(Cl)cccc3Cl)nc2C(N)=O)cc1=O. The van der Waals surface area contributed by atoms with E-state index in [4.69, 9.17) is 28.9 Å². The Balaban J connectivity index is 2.08. The monoisotopic (exact) mass is 377 g/mol. The van der Waals surface area contributed by atoms with Gasteiger partial charge in [0.15, 0.2) is 5.69 Å². The molecule has 0 spiro atoms. The van der Waals surface area contributed by atoms with Gasteiger partial charge in [-0.1, -0.05) is 29.3 Å². The molecule has 7 nitrogen and oxygen atoms in total. The van der Waals surface area contributed by atoms with Crippen LogP contribution in [0.3, 0.4) is 0 Å². The van der Waals surface area contributed by atoms with Crippen molar-refractivity contribution >= 4 is 40.5 Å². The highest BCUT2D eigenvalue weighted by molar-refractivity contribution is 6.37. The third kappa shape index (κ3) is 3.38. The van der Waals surface area contributed by atoms with E-state index in [1.165, 1.54) is 21.5 Å². The summed E-state index contributed by atoms with van der Waals surface area (Å²) in [5, 5.41) is 7.87. The highest BCUT2D eigenvalue weighted by Gasteiger charge is 2.18. The molecule has 1 aromatic carbocycles. The van der Waals surface area contributed by atoms with Gasteiger partial charge >= 0.3 is 0 Å². The maximum atomic E-state index is 11.7. The van der Waals surface area contributed by atoms with Crippen LogP contribution in [-0.4, -0.2) is 20.3 Å². The van der Waals surface area contributed by atoms with Gasteiger partial charge in [-0.25, -0.2) is 4.68 Å². The number of nitrogens with one attached hydrogen (secondary N) is 1. The van der Waals surface area contributed by atoms with Crippen molar-refractivity contribution in [1.29, 1.82) is 0 Å². The Hall–Kier alpha value is -2.77. The number of para-hydroxylation sites is 1. The average Bonchev–Trinajstić information content (AvgIpc) is 2.94. The molecular weight excluding hydrogens is 365 g/mol. The molecular formula is C16H13Cl2N5O2. The number of rotatable bonds is 4. The molecule has 0 saturated carbocycles. The lowest BCUT2D eigenvalue weighted by Gasteiger charge is -2.06. The zero-order valence-corrected chi connectivity index (χ0v) is 14.5. The van der Waals surface area contributed by atoms with Gasteiger partial charge in [-0.3, -0.25) is 9.59 Å². The normalized spacial score (nSPS) is 10.7. The topological polar surface area (TPSA) is 94.9 Å². The summed E-state index contributed by atoms with van der Waals surface area (Å²) >= 11 is 12.4. The van der Waals surface area contributed by atoms with Crippen molar-refractivity contribution in [1.82, 2.24) is 14.3 Å². The maximum absolute atomic E-state index is 11.7. The Bertz CT molecular complexity index is 1010. The fraction of sp³-hybridized carbons (Fsp3) is 0.0625. The molecule has 0 bridgehead atoms. The van der Waals surface area contributed by atoms with E-state index < -0.39 is 5.91 Å². The lowest BCUT2D eigenvalue weighted by molar-refractivity contribution is 0.0996. The largest absolute Gasteiger partial charge is 0.364 e. The number of carbonyl (C=O) groups excluding carboxylic acids is 1. The van der Waals surface area contributed by atoms with Crippen LogP contribution in [0.15, 0.2) is 47.5 Å². The molecule has 0 atom stereocenters. The smallest absolute Gasteiger partial charge is 0.271 e. The molecule has 3 N–H and O–H groups in total. The molecule has 9 heteroatoms. The van der Waals surface area contributed by atoms with Crippen molar-refractivity contribution in [3.8, 4) is 5.69 Å². The van der Waals surface area contributed by atoms with E-state index in [1.807, 2.05) is 0 Å². The Labute approximate surface area is 152 Å². The zero-order chi connectivity index (χ0) is 18.1. The molecule has 2 heterocycles. The second kappa shape index (κ2) is 6.62. The fourth-order valence-corrected chi connectivity index (χ4v) is 2.82. The van der Waals surface area contributed by atoms with E-state index in [1.54, 1.807) is 37.5 Å². The maximum Gasteiger partial charge on any atom is 0.271 e. The third-order valence-corrected chi connectivity index (χ3v) is 4.11. The molecule has 25 heavy (non-hydrogen) atoms. The first-order valence-corrected chi connectivity index (χ1v) is 7.90. The Kier molecular flexibility index (Phi) is 4.52. The van der Waals surface area contributed by atoms with Crippen molar-refractivity contribution in [2.75, 3.05) is 5.32 Å². The van der Waals surface area contributed by atoms with Crippen molar-refractivity contribution in [2.24, 2.45) is 12.8 Å². The molecule has 0 radical (unpaired) electrons. The molecule has 0 aliphatic carbocycles. The van der Waals surface area contributed by atoms with E-state index in [0.29, 0.717) is 27.1 Å². The number of anilines is 2. The molecule has 0 saturated heterocycles. The Morgan fingerprint density at radius 2 is 1.92 bits per heavy atom. The van der Waals surface area contributed by atoms with E-state index in [2.05, 4.69) is 10.4 Å². The molecule has 3 aromatic rings. The number of hydrogen-bond donors (Lipinski definition) is 2. The zero-order valence-electron chi connectivity index (χ0n) is 13.0. The minimum atomic E-state index is -0.728. The molecule has 128 valence electrons. The summed E-state index contributed by atoms with van der Waals surface area (Å²) in [6.07, 6.45) is 3.13. The first-order chi connectivity index (χ1) is 11.9. The van der Waals surface area contributed by atoms with E-state index >= 15 is 0 Å². The molecule has 0 aliphatic heterocycles. The summed E-state index contributed by atoms with van der Waals surface area (Å²) in [6, 6.07) is 8.09. The number of benzene rings is 1. The molecule has 2 aromatic heterocycles. The summed E-state index contributed by atoms with van der Waals surface area (Å²) in [6.45, 7) is 0. The summed E-state index contributed by atoms with van der Waals surface area (Å²) in [4.78, 5) is 23.5. The van der Waals surface area contributed by atoms with Gasteiger partial charge in [-0.15, -0.1) is 0 Å². The summed E-state index contributed by atoms with van der Waals surface area (Å²) < 4.78 is 2.79. The van der Waals surface area contributed by atoms with Crippen LogP contribution in [0.2, 0.25) is 10.0 Å². The molecule has 0 aliphatic rings. The van der Waals surface area contributed by atoms with Crippen LogP contribution in [0.5, 0.6) is 0 Å². The van der Waals surface area contributed by atoms with Gasteiger partial charge in [0.05, 0.1) is 21.9 Å². The van der Waals surface area contributed by atoms with Crippen LogP contribution in [0.1, 0.15) is 10.5 Å². The number of aryl methyl sites for hydroxylation is 1. The highest BCUT2D eigenvalue weighted by Crippen LogP contribution is 2.30. The van der Waals surface area contributed by atoms with Crippen molar-refractivity contribution < 1.29 is 4.79 Å². The fourth-order valence-electron chi connectivity index (χ4n) is 2.25. The van der Waals surface area contributed by atoms with Crippen LogP contribution < -0.4 is 16.6 Å². The number of aromatic nitrogens is 3. The first-order valence-electron chi connectivity index (χ1n) is 7.14. The standard InChI is InChI=1S/C16H13Cl2N5O2/c1-22-6-5-9(7-13(22)24)20-12-8-23(21-14(12)16(19)25)15-10(17)3-2-4-11(15)18/h2-8,20H,1H3,(H2,19,25). The molecule has 3 rings (SSSR count). The molecule has 0 unspecified atom stereocenters. The number of carbonyl (C=O) groups is 1. The second-order valence-electron chi connectivity index (χ2n) is 5.26. The van der Waals surface area contributed by atoms with Gasteiger partial charge in [0.2, 0.25) is 0 Å². The Morgan fingerprint density at radius 3 is 2.52 bits per heavy atom. The number of nitrogens with two attached hydrogens (primary N) is 1. The summed E-state index contributed by atoms with van der Waals surface area (Å²) in [5.74, 6) is -0.728. The Morgan fingerprint density at radius 1 is 1.24 bits per heavy atom. The van der Waals surface area contributed by atoms with Crippen LogP contribution in [0.4, 0.5) is 11.4 Å². The lowest BCUT2D eigenvalue weighted by Crippen LogP contribution is -2.16. The second-order valence-corrected chi connectivity index (χ2v) is 6.07. The van der Waals surface area contributed by atoms with Gasteiger partial charge in [-0.05, 0) is 18.2 Å². The number of halogens is 2. The minimum Gasteiger partial charge on any atom is -0.364 e. The number of primary amides is 1. The van der Waals surface area contributed by atoms with Gasteiger partial charge in [0.25, 0.3) is 11.5 Å². The van der Waals surface area contributed by atoms with E-state index in [-0.39, 0.29) is 11.3 Å². The summed E-state index contributed by atoms with van der Waals surface area (Å²) in [5.41, 5.74) is 6.45. The van der Waals surface area contributed by atoms with Crippen LogP contribution in [-0.2, 0) is 7.05 Å². The number of pyridine rings is 1. The predicted octanol–water partition coefficient (Wildman–Crippen LogP) is 2.72. The van der Waals surface area contributed by atoms with Crippen molar-refractivity contribution in [3.63, 3.8) is 0 Å². The number of hydrogen-bond acceptors (Lipinski definition) is 4. The predicted molar refractivity (Wildman–Crippen MR) is 97.1 cm³/mol. The lowest BCUT2D eigenvalue weighted by atomic mass is 10.3. The summed E-state index contributed by atoms with van der Waals surface area (Å²) in [7, 11) is 1.64. The van der Waals surface area contributed by atoms with E-state index in [9.17, 15) is 9.59 Å². The number of nitrogens with zero attached hydrogens (tertiary/aromatic N) is 3. The van der Waals surface area contributed by atoms with Crippen molar-refractivity contribution in [3.05, 3.63) is 68.8 Å². The average molecular weight is 378 g/mol. The molecule has 1 amide bonds. The van der Waals surface area contributed by atoms with Crippen LogP contribution in [0.25, 0.3) is 5.69 Å². The van der Waals surface area contributed by atoms with E-state index in [0.717, 1.165) is 0 Å². The van der Waals surface area contributed by atoms with Crippen LogP contribution >= 0.6 is 23.2 Å². The van der Waals surface area contributed by atoms with Crippen molar-refractivity contribution in [2.45, 2.75) is 0 Å². The number of amides is 1. The minimum absolute atomic E-state index is 0.00309. The van der Waals surface area contributed by atoms with Gasteiger partial charge in [0, 0.05) is 25.0 Å². The molecule has 0 fully saturated rings. The van der Waals surface area contributed by atoms with Gasteiger partial charge in [-0.2, -0.15) is 5.10 Å².